The van der Waals surface area contributed by atoms with E-state index in [2.05, 4.69) is 18.4 Å². The minimum Gasteiger partial charge on any atom is -0.192 e. The number of hydrogen-bond donors (Lipinski definition) is 0. The largest absolute Gasteiger partial charge is 0.192 e. The molecule has 1 nitrogen and oxygen atoms in total. The molecule has 0 saturated carbocycles. The fourth-order valence-corrected chi connectivity index (χ4v) is 0.816. The van der Waals surface area contributed by atoms with Gasteiger partial charge in [0.15, 0.2) is 0 Å². The highest BCUT2D eigenvalue weighted by molar-refractivity contribution is 5.51. The van der Waals surface area contributed by atoms with Crippen LogP contribution in [0.4, 0.5) is 0 Å². The van der Waals surface area contributed by atoms with Crippen LogP contribution in [0.5, 0.6) is 0 Å². The van der Waals surface area contributed by atoms with Crippen molar-refractivity contribution < 1.29 is 0 Å². The monoisotopic (exact) mass is 141 g/mol. The summed E-state index contributed by atoms with van der Waals surface area (Å²) in [6, 6.07) is 9.35. The Morgan fingerprint density at radius 1 is 1.45 bits per heavy atom. The average Bonchev–Trinajstić information content (AvgIpc) is 2.06. The molecule has 52 valence electrons. The maximum absolute atomic E-state index is 8.53. The molecule has 11 heavy (non-hydrogen) atoms. The zero-order valence-corrected chi connectivity index (χ0v) is 6.04. The van der Waals surface area contributed by atoms with Gasteiger partial charge in [0, 0.05) is 0 Å². The molecule has 0 heterocycles. The predicted octanol–water partition coefficient (Wildman–Crippen LogP) is 2.36. The number of hydrogen-bond acceptors (Lipinski definition) is 1. The summed E-state index contributed by atoms with van der Waals surface area (Å²) in [6.07, 6.45) is 1.74. The first-order valence-corrected chi connectivity index (χ1v) is 3.23. The van der Waals surface area contributed by atoms with Gasteiger partial charge in [-0.05, 0) is 23.8 Å². The Hall–Kier alpha value is -1.77. The highest BCUT2D eigenvalue weighted by Crippen LogP contribution is 2.04. The Bertz CT molecular complexity index is 338. The summed E-state index contributed by atoms with van der Waals surface area (Å²) in [5.74, 6) is 0. The molecule has 0 aliphatic rings. The van der Waals surface area contributed by atoms with Gasteiger partial charge in [0.2, 0.25) is 0 Å². The van der Waals surface area contributed by atoms with Crippen molar-refractivity contribution in [2.75, 3.05) is 0 Å². The van der Waals surface area contributed by atoms with Crippen LogP contribution in [-0.2, 0) is 0 Å². The second-order valence-corrected chi connectivity index (χ2v) is 2.09. The molecule has 0 atom stereocenters. The van der Waals surface area contributed by atoms with E-state index >= 15 is 0 Å². The molecule has 1 aromatic carbocycles. The van der Waals surface area contributed by atoms with Crippen molar-refractivity contribution in [1.29, 1.82) is 5.26 Å². The fourth-order valence-electron chi connectivity index (χ4n) is 0.816. The van der Waals surface area contributed by atoms with Gasteiger partial charge >= 0.3 is 0 Å². The first-order chi connectivity index (χ1) is 5.36. The SMILES string of the molecule is C=C=Cc1cccc(C#N)c1. The molecular weight excluding hydrogens is 134 g/mol. The minimum absolute atomic E-state index is 0.661. The van der Waals surface area contributed by atoms with E-state index in [-0.39, 0.29) is 0 Å². The highest BCUT2D eigenvalue weighted by atomic mass is 14.2. The normalized spacial score (nSPS) is 7.91. The van der Waals surface area contributed by atoms with Gasteiger partial charge in [0.1, 0.15) is 0 Å². The fraction of sp³-hybridized carbons (Fsp3) is 0. The second-order valence-electron chi connectivity index (χ2n) is 2.09. The van der Waals surface area contributed by atoms with Crippen LogP contribution in [0.15, 0.2) is 36.6 Å². The van der Waals surface area contributed by atoms with Crippen molar-refractivity contribution in [3.63, 3.8) is 0 Å². The van der Waals surface area contributed by atoms with Crippen LogP contribution in [-0.4, -0.2) is 0 Å². The highest BCUT2D eigenvalue weighted by Gasteiger charge is 1.88. The molecule has 0 fully saturated rings. The van der Waals surface area contributed by atoms with Crippen LogP contribution in [0.25, 0.3) is 6.08 Å². The second kappa shape index (κ2) is 3.41. The Morgan fingerprint density at radius 3 is 2.91 bits per heavy atom. The molecule has 0 aliphatic heterocycles. The first-order valence-electron chi connectivity index (χ1n) is 3.23. The van der Waals surface area contributed by atoms with Crippen LogP contribution in [0.2, 0.25) is 0 Å². The smallest absolute Gasteiger partial charge is 0.0991 e. The van der Waals surface area contributed by atoms with Crippen molar-refractivity contribution >= 4 is 6.08 Å². The standard InChI is InChI=1S/C10H7N/c1-2-4-9-5-3-6-10(7-9)8-11/h3-7H,1H2. The van der Waals surface area contributed by atoms with Gasteiger partial charge in [-0.15, -0.1) is 5.73 Å². The summed E-state index contributed by atoms with van der Waals surface area (Å²) in [5.41, 5.74) is 4.27. The van der Waals surface area contributed by atoms with E-state index in [9.17, 15) is 0 Å². The molecule has 0 bridgehead atoms. The average molecular weight is 141 g/mol. The van der Waals surface area contributed by atoms with Crippen molar-refractivity contribution in [2.45, 2.75) is 0 Å². The molecule has 0 saturated heterocycles. The lowest BCUT2D eigenvalue weighted by Gasteiger charge is -1.90. The molecule has 0 aliphatic carbocycles. The maximum atomic E-state index is 8.53. The third-order valence-corrected chi connectivity index (χ3v) is 1.28. The van der Waals surface area contributed by atoms with Crippen LogP contribution < -0.4 is 0 Å². The maximum Gasteiger partial charge on any atom is 0.0991 e. The first kappa shape index (κ1) is 7.34. The quantitative estimate of drug-likeness (QED) is 0.551. The molecule has 0 unspecified atom stereocenters. The van der Waals surface area contributed by atoms with Gasteiger partial charge in [-0.2, -0.15) is 5.26 Å². The Morgan fingerprint density at radius 2 is 2.27 bits per heavy atom. The summed E-state index contributed by atoms with van der Waals surface area (Å²) in [5, 5.41) is 8.53. The zero-order valence-electron chi connectivity index (χ0n) is 6.04. The molecule has 1 rings (SSSR count). The molecule has 0 spiro atoms. The van der Waals surface area contributed by atoms with Crippen LogP contribution in [0.3, 0.4) is 0 Å². The van der Waals surface area contributed by atoms with Gasteiger partial charge in [0.05, 0.1) is 11.6 Å². The molecule has 1 heteroatoms. The van der Waals surface area contributed by atoms with E-state index in [4.69, 9.17) is 5.26 Å². The van der Waals surface area contributed by atoms with Crippen molar-refractivity contribution in [2.24, 2.45) is 0 Å². The molecule has 0 aromatic heterocycles. The molecule has 0 radical (unpaired) electrons. The summed E-state index contributed by atoms with van der Waals surface area (Å²) in [7, 11) is 0. The Labute approximate surface area is 65.9 Å². The molecule has 1 aromatic rings. The topological polar surface area (TPSA) is 23.8 Å². The molecule has 0 amide bonds. The summed E-state index contributed by atoms with van der Waals surface area (Å²) in [6.45, 7) is 3.45. The lowest BCUT2D eigenvalue weighted by molar-refractivity contribution is 1.48. The van der Waals surface area contributed by atoms with Gasteiger partial charge in [-0.3, -0.25) is 0 Å². The number of rotatable bonds is 1. The van der Waals surface area contributed by atoms with Crippen molar-refractivity contribution in [1.82, 2.24) is 0 Å². The van der Waals surface area contributed by atoms with E-state index in [1.807, 2.05) is 12.1 Å². The van der Waals surface area contributed by atoms with Crippen LogP contribution in [0.1, 0.15) is 11.1 Å². The molecular formula is C10H7N. The van der Waals surface area contributed by atoms with Crippen molar-refractivity contribution in [3.8, 4) is 6.07 Å². The van der Waals surface area contributed by atoms with Crippen LogP contribution in [0, 0.1) is 11.3 Å². The van der Waals surface area contributed by atoms with Crippen LogP contribution >= 0.6 is 0 Å². The third kappa shape index (κ3) is 1.82. The van der Waals surface area contributed by atoms with E-state index in [1.165, 1.54) is 0 Å². The minimum atomic E-state index is 0.661. The van der Waals surface area contributed by atoms with E-state index in [0.717, 1.165) is 5.56 Å². The van der Waals surface area contributed by atoms with E-state index in [0.29, 0.717) is 5.56 Å². The number of benzene rings is 1. The Balaban J connectivity index is 3.12. The van der Waals surface area contributed by atoms with Gasteiger partial charge in [-0.25, -0.2) is 0 Å². The number of nitrogens with zero attached hydrogens (tertiary/aromatic N) is 1. The number of nitriles is 1. The summed E-state index contributed by atoms with van der Waals surface area (Å²) >= 11 is 0. The lowest BCUT2D eigenvalue weighted by atomic mass is 10.1. The van der Waals surface area contributed by atoms with Gasteiger partial charge in [-0.1, -0.05) is 18.7 Å². The Kier molecular flexibility index (Phi) is 2.28. The van der Waals surface area contributed by atoms with Gasteiger partial charge in [0.25, 0.3) is 0 Å². The third-order valence-electron chi connectivity index (χ3n) is 1.28. The van der Waals surface area contributed by atoms with Crippen molar-refractivity contribution in [3.05, 3.63) is 47.7 Å². The van der Waals surface area contributed by atoms with E-state index in [1.54, 1.807) is 18.2 Å². The predicted molar refractivity (Wildman–Crippen MR) is 44.8 cm³/mol. The summed E-state index contributed by atoms with van der Waals surface area (Å²) < 4.78 is 0. The summed E-state index contributed by atoms with van der Waals surface area (Å²) in [4.78, 5) is 0. The lowest BCUT2D eigenvalue weighted by Crippen LogP contribution is -1.74. The molecule has 0 N–H and O–H groups in total. The van der Waals surface area contributed by atoms with E-state index < -0.39 is 0 Å². The zero-order chi connectivity index (χ0) is 8.10. The van der Waals surface area contributed by atoms with Gasteiger partial charge < -0.3 is 0 Å².